The molecule has 0 fully saturated rings. The summed E-state index contributed by atoms with van der Waals surface area (Å²) in [5.41, 5.74) is 2.46. The molecule has 5 aromatic rings. The molecule has 0 saturated heterocycles. The Morgan fingerprint density at radius 1 is 0.423 bits per heavy atom. The van der Waals surface area contributed by atoms with Gasteiger partial charge >= 0.3 is 0 Å². The van der Waals surface area contributed by atoms with Crippen LogP contribution >= 0.6 is 12.6 Å². The predicted octanol–water partition coefficient (Wildman–Crippen LogP) is 7.17. The topological polar surface area (TPSA) is 0 Å². The van der Waals surface area contributed by atoms with Crippen LogP contribution in [0.25, 0.3) is 32.3 Å². The standard InChI is InChI=1S/C25H18S/c26-25(22-11-9-17-5-1-2-6-18(17)14-22)23-12-10-21-13-19-7-3-4-8-20(19)15-24(21)16-23/h1-16,25-26H. The Morgan fingerprint density at radius 3 is 1.50 bits per heavy atom. The van der Waals surface area contributed by atoms with Crippen LogP contribution < -0.4 is 0 Å². The monoisotopic (exact) mass is 350 g/mol. The van der Waals surface area contributed by atoms with Gasteiger partial charge in [-0.05, 0) is 67.7 Å². The smallest absolute Gasteiger partial charge is 0.0516 e. The normalized spacial score (nSPS) is 12.7. The Hall–Kier alpha value is -2.77. The lowest BCUT2D eigenvalue weighted by atomic mass is 9.97. The van der Waals surface area contributed by atoms with Gasteiger partial charge in [0.05, 0.1) is 5.25 Å². The third kappa shape index (κ3) is 2.65. The molecule has 5 aromatic carbocycles. The second kappa shape index (κ2) is 6.19. The van der Waals surface area contributed by atoms with Crippen LogP contribution in [0.1, 0.15) is 16.4 Å². The van der Waals surface area contributed by atoms with E-state index < -0.39 is 0 Å². The van der Waals surface area contributed by atoms with Crippen LogP contribution in [-0.2, 0) is 0 Å². The van der Waals surface area contributed by atoms with E-state index >= 15 is 0 Å². The molecule has 124 valence electrons. The van der Waals surface area contributed by atoms with Gasteiger partial charge < -0.3 is 0 Å². The summed E-state index contributed by atoms with van der Waals surface area (Å²) in [7, 11) is 0. The van der Waals surface area contributed by atoms with Gasteiger partial charge in [0, 0.05) is 0 Å². The van der Waals surface area contributed by atoms with E-state index in [2.05, 4.69) is 97.1 Å². The van der Waals surface area contributed by atoms with Crippen molar-refractivity contribution >= 4 is 44.9 Å². The van der Waals surface area contributed by atoms with Gasteiger partial charge in [-0.1, -0.05) is 72.8 Å². The minimum Gasteiger partial charge on any atom is -0.166 e. The molecule has 0 aromatic heterocycles. The fourth-order valence-corrected chi connectivity index (χ4v) is 4.02. The van der Waals surface area contributed by atoms with Crippen molar-refractivity contribution in [3.05, 3.63) is 108 Å². The summed E-state index contributed by atoms with van der Waals surface area (Å²) in [6, 6.07) is 34.8. The molecule has 5 rings (SSSR count). The molecule has 0 aliphatic heterocycles. The predicted molar refractivity (Wildman–Crippen MR) is 116 cm³/mol. The molecule has 1 heteroatoms. The van der Waals surface area contributed by atoms with Crippen LogP contribution in [0.4, 0.5) is 0 Å². The maximum Gasteiger partial charge on any atom is 0.0516 e. The molecule has 26 heavy (non-hydrogen) atoms. The van der Waals surface area contributed by atoms with E-state index in [1.165, 1.54) is 43.4 Å². The maximum absolute atomic E-state index is 4.93. The van der Waals surface area contributed by atoms with E-state index in [-0.39, 0.29) is 5.25 Å². The fraction of sp³-hybridized carbons (Fsp3) is 0.0400. The fourth-order valence-electron chi connectivity index (χ4n) is 3.70. The van der Waals surface area contributed by atoms with Crippen molar-refractivity contribution in [1.29, 1.82) is 0 Å². The SMILES string of the molecule is SC(c1ccc2ccccc2c1)c1ccc2cc3ccccc3cc2c1. The quantitative estimate of drug-likeness (QED) is 0.253. The highest BCUT2D eigenvalue weighted by atomic mass is 32.1. The zero-order valence-electron chi connectivity index (χ0n) is 14.3. The summed E-state index contributed by atoms with van der Waals surface area (Å²) in [6.07, 6.45) is 0. The zero-order valence-corrected chi connectivity index (χ0v) is 15.2. The van der Waals surface area contributed by atoms with Crippen molar-refractivity contribution in [2.45, 2.75) is 5.25 Å². The largest absolute Gasteiger partial charge is 0.166 e. The van der Waals surface area contributed by atoms with E-state index in [0.29, 0.717) is 0 Å². The lowest BCUT2D eigenvalue weighted by Gasteiger charge is -2.14. The van der Waals surface area contributed by atoms with Crippen LogP contribution in [0.2, 0.25) is 0 Å². The summed E-state index contributed by atoms with van der Waals surface area (Å²) in [4.78, 5) is 0. The second-order valence-corrected chi connectivity index (χ2v) is 7.33. The van der Waals surface area contributed by atoms with Crippen LogP contribution in [0.5, 0.6) is 0 Å². The van der Waals surface area contributed by atoms with E-state index in [0.717, 1.165) is 0 Å². The highest BCUT2D eigenvalue weighted by molar-refractivity contribution is 7.80. The second-order valence-electron chi connectivity index (χ2n) is 6.82. The molecule has 0 aliphatic carbocycles. The molecule has 0 nitrogen and oxygen atoms in total. The highest BCUT2D eigenvalue weighted by Gasteiger charge is 2.11. The summed E-state index contributed by atoms with van der Waals surface area (Å²) < 4.78 is 0. The molecule has 0 heterocycles. The number of hydrogen-bond donors (Lipinski definition) is 1. The Bertz CT molecular complexity index is 1250. The minimum atomic E-state index is 0.0653. The lowest BCUT2D eigenvalue weighted by molar-refractivity contribution is 1.18. The van der Waals surface area contributed by atoms with E-state index in [4.69, 9.17) is 12.6 Å². The number of thiol groups is 1. The molecule has 0 bridgehead atoms. The first-order valence-electron chi connectivity index (χ1n) is 8.87. The van der Waals surface area contributed by atoms with E-state index in [1.807, 2.05) is 0 Å². The van der Waals surface area contributed by atoms with Gasteiger partial charge in [0.25, 0.3) is 0 Å². The van der Waals surface area contributed by atoms with Crippen LogP contribution in [0, 0.1) is 0 Å². The number of hydrogen-bond acceptors (Lipinski definition) is 1. The zero-order chi connectivity index (χ0) is 17.5. The summed E-state index contributed by atoms with van der Waals surface area (Å²) in [6.45, 7) is 0. The van der Waals surface area contributed by atoms with Gasteiger partial charge in [-0.15, -0.1) is 0 Å². The molecule has 1 unspecified atom stereocenters. The maximum atomic E-state index is 4.93. The third-order valence-corrected chi connectivity index (χ3v) is 5.73. The van der Waals surface area contributed by atoms with Gasteiger partial charge in [-0.2, -0.15) is 12.6 Å². The van der Waals surface area contributed by atoms with Crippen molar-refractivity contribution in [3.63, 3.8) is 0 Å². The Morgan fingerprint density at radius 2 is 0.846 bits per heavy atom. The number of benzene rings is 5. The van der Waals surface area contributed by atoms with Gasteiger partial charge in [-0.3, -0.25) is 0 Å². The van der Waals surface area contributed by atoms with Crippen molar-refractivity contribution in [1.82, 2.24) is 0 Å². The van der Waals surface area contributed by atoms with E-state index in [9.17, 15) is 0 Å². The third-order valence-electron chi connectivity index (χ3n) is 5.13. The molecule has 0 amide bonds. The summed E-state index contributed by atoms with van der Waals surface area (Å²) in [5, 5.41) is 7.68. The molecular weight excluding hydrogens is 332 g/mol. The van der Waals surface area contributed by atoms with E-state index in [1.54, 1.807) is 0 Å². The van der Waals surface area contributed by atoms with Crippen LogP contribution in [0.3, 0.4) is 0 Å². The van der Waals surface area contributed by atoms with Gasteiger partial charge in [0.2, 0.25) is 0 Å². The summed E-state index contributed by atoms with van der Waals surface area (Å²) in [5.74, 6) is 0. The Balaban J connectivity index is 1.61. The molecule has 0 radical (unpaired) electrons. The van der Waals surface area contributed by atoms with Gasteiger partial charge in [-0.25, -0.2) is 0 Å². The molecule has 0 aliphatic rings. The van der Waals surface area contributed by atoms with Crippen LogP contribution in [-0.4, -0.2) is 0 Å². The van der Waals surface area contributed by atoms with Gasteiger partial charge in [0.15, 0.2) is 0 Å². The van der Waals surface area contributed by atoms with Crippen molar-refractivity contribution < 1.29 is 0 Å². The lowest BCUT2D eigenvalue weighted by Crippen LogP contribution is -1.93. The van der Waals surface area contributed by atoms with Crippen molar-refractivity contribution in [2.24, 2.45) is 0 Å². The minimum absolute atomic E-state index is 0.0653. The Labute approximate surface area is 158 Å². The van der Waals surface area contributed by atoms with Crippen molar-refractivity contribution in [3.8, 4) is 0 Å². The van der Waals surface area contributed by atoms with Gasteiger partial charge in [0.1, 0.15) is 0 Å². The summed E-state index contributed by atoms with van der Waals surface area (Å²) >= 11 is 4.93. The number of rotatable bonds is 2. The first-order valence-corrected chi connectivity index (χ1v) is 9.39. The molecule has 0 spiro atoms. The average Bonchev–Trinajstić information content (AvgIpc) is 2.71. The average molecular weight is 350 g/mol. The molecule has 0 saturated carbocycles. The van der Waals surface area contributed by atoms with Crippen molar-refractivity contribution in [2.75, 3.05) is 0 Å². The molecule has 1 atom stereocenters. The molecular formula is C25H18S. The first kappa shape index (κ1) is 15.5. The number of fused-ring (bicyclic) bond motifs is 3. The Kier molecular flexibility index (Phi) is 3.69. The molecule has 0 N–H and O–H groups in total. The highest BCUT2D eigenvalue weighted by Crippen LogP contribution is 2.33. The first-order chi connectivity index (χ1) is 12.8. The van der Waals surface area contributed by atoms with Crippen LogP contribution in [0.15, 0.2) is 97.1 Å².